The lowest BCUT2D eigenvalue weighted by molar-refractivity contribution is 0.923. The van der Waals surface area contributed by atoms with Crippen LogP contribution in [-0.4, -0.2) is 28.7 Å². The molecule has 0 aliphatic rings. The smallest absolute Gasteiger partial charge is 0.159 e. The van der Waals surface area contributed by atoms with Crippen molar-refractivity contribution in [3.8, 4) is 11.4 Å². The summed E-state index contributed by atoms with van der Waals surface area (Å²) in [6.07, 6.45) is 0. The first-order chi connectivity index (χ1) is 18.9. The highest BCUT2D eigenvalue weighted by Gasteiger charge is 2.17. The lowest BCUT2D eigenvalue weighted by Gasteiger charge is -2.23. The lowest BCUT2D eigenvalue weighted by atomic mass is 10.1. The van der Waals surface area contributed by atoms with Gasteiger partial charge in [-0.05, 0) is 87.4 Å². The third-order valence-electron chi connectivity index (χ3n) is 7.68. The van der Waals surface area contributed by atoms with E-state index in [2.05, 4.69) is 148 Å². The van der Waals surface area contributed by atoms with Gasteiger partial charge in [-0.15, -0.1) is 0 Å². The van der Waals surface area contributed by atoms with Crippen molar-refractivity contribution in [3.05, 3.63) is 107 Å². The number of aryl methyl sites for hydroxylation is 5. The zero-order chi connectivity index (χ0) is 26.8. The molecule has 6 nitrogen and oxygen atoms in total. The van der Waals surface area contributed by atoms with Gasteiger partial charge < -0.3 is 19.5 Å². The van der Waals surface area contributed by atoms with E-state index in [1.54, 1.807) is 0 Å². The molecule has 4 aromatic carbocycles. The lowest BCUT2D eigenvalue weighted by Crippen LogP contribution is -2.13. The van der Waals surface area contributed by atoms with Crippen LogP contribution in [0, 0.1) is 27.7 Å². The fraction of sp³-hybridized carbons (Fsp3) is 0.152. The van der Waals surface area contributed by atoms with E-state index >= 15 is 0 Å². The molecular weight excluding hydrogens is 480 g/mol. The zero-order valence-electron chi connectivity index (χ0n) is 22.9. The Morgan fingerprint density at radius 1 is 0.436 bits per heavy atom. The second kappa shape index (κ2) is 8.60. The van der Waals surface area contributed by atoms with Gasteiger partial charge in [-0.25, -0.2) is 0 Å². The SMILES string of the molecule is Cc1ccc(-n2c3cc(C)ccc3[nH]c3c2[nH]c2c([nH]c4ccc(C)cc4n2-c2ccc(C)cc2)n3C)cc1. The Morgan fingerprint density at radius 2 is 0.821 bits per heavy atom. The van der Waals surface area contributed by atoms with Crippen molar-refractivity contribution >= 4 is 44.7 Å². The molecule has 0 bridgehead atoms. The molecule has 0 fully saturated rings. The number of nitrogens with zero attached hydrogens (tertiary/aromatic N) is 3. The van der Waals surface area contributed by atoms with Crippen molar-refractivity contribution < 1.29 is 0 Å². The molecule has 3 heterocycles. The van der Waals surface area contributed by atoms with Crippen LogP contribution in [0.4, 0.5) is 0 Å². The largest absolute Gasteiger partial charge is 0.337 e. The Morgan fingerprint density at radius 3 is 1.23 bits per heavy atom. The molecule has 0 saturated carbocycles. The highest BCUT2D eigenvalue weighted by molar-refractivity contribution is 5.93. The van der Waals surface area contributed by atoms with Crippen molar-refractivity contribution in [1.82, 2.24) is 28.7 Å². The molecule has 7 aromatic rings. The molecule has 3 aromatic heterocycles. The molecule has 0 aliphatic carbocycles. The van der Waals surface area contributed by atoms with Gasteiger partial charge in [-0.3, -0.25) is 9.13 Å². The first-order valence-electron chi connectivity index (χ1n) is 13.4. The Bertz CT molecular complexity index is 1950. The molecule has 0 aliphatic heterocycles. The molecule has 194 valence electrons. The number of hydrogen-bond donors (Lipinski definition) is 3. The maximum atomic E-state index is 3.88. The second-order valence-electron chi connectivity index (χ2n) is 10.7. The highest BCUT2D eigenvalue weighted by Crippen LogP contribution is 2.30. The number of nitrogens with one attached hydrogen (secondary N) is 3. The van der Waals surface area contributed by atoms with Crippen LogP contribution >= 0.6 is 0 Å². The van der Waals surface area contributed by atoms with Gasteiger partial charge in [0.05, 0.1) is 22.1 Å². The average molecular weight is 513 g/mol. The summed E-state index contributed by atoms with van der Waals surface area (Å²) in [5, 5.41) is 0. The van der Waals surface area contributed by atoms with E-state index in [1.807, 2.05) is 0 Å². The van der Waals surface area contributed by atoms with Crippen LogP contribution in [-0.2, 0) is 7.05 Å². The fourth-order valence-electron chi connectivity index (χ4n) is 5.55. The summed E-state index contributed by atoms with van der Waals surface area (Å²) < 4.78 is 6.87. The van der Waals surface area contributed by atoms with E-state index in [0.717, 1.165) is 56.0 Å². The van der Waals surface area contributed by atoms with Gasteiger partial charge in [0, 0.05) is 18.4 Å². The van der Waals surface area contributed by atoms with Crippen LogP contribution in [0.5, 0.6) is 0 Å². The Labute approximate surface area is 226 Å². The van der Waals surface area contributed by atoms with Crippen LogP contribution in [0.15, 0.2) is 84.9 Å². The quantitative estimate of drug-likeness (QED) is 0.196. The van der Waals surface area contributed by atoms with Crippen LogP contribution in [0.2, 0.25) is 0 Å². The van der Waals surface area contributed by atoms with E-state index in [0.29, 0.717) is 0 Å². The molecule has 0 amide bonds. The summed E-state index contributed by atoms with van der Waals surface area (Å²) in [7, 11) is 2.12. The third-order valence-corrected chi connectivity index (χ3v) is 7.68. The van der Waals surface area contributed by atoms with E-state index in [-0.39, 0.29) is 0 Å². The molecule has 0 atom stereocenters. The Hall–Kier alpha value is -4.84. The number of hydrogen-bond acceptors (Lipinski definition) is 0. The van der Waals surface area contributed by atoms with Crippen molar-refractivity contribution in [2.75, 3.05) is 0 Å². The van der Waals surface area contributed by atoms with Gasteiger partial charge in [0.1, 0.15) is 0 Å². The third kappa shape index (κ3) is 3.71. The van der Waals surface area contributed by atoms with Gasteiger partial charge in [-0.1, -0.05) is 47.5 Å². The Balaban J connectivity index is 1.72. The second-order valence-corrected chi connectivity index (χ2v) is 10.7. The average Bonchev–Trinajstić information content (AvgIpc) is 2.93. The molecule has 6 heteroatoms. The van der Waals surface area contributed by atoms with Gasteiger partial charge in [0.2, 0.25) is 0 Å². The first kappa shape index (κ1) is 23.3. The first-order valence-corrected chi connectivity index (χ1v) is 13.4. The number of rotatable bonds is 2. The topological polar surface area (TPSA) is 62.2 Å². The minimum atomic E-state index is 0.980. The number of fused-ring (bicyclic) bond motifs is 4. The number of aromatic nitrogens is 6. The van der Waals surface area contributed by atoms with E-state index in [9.17, 15) is 0 Å². The molecule has 7 rings (SSSR count). The number of H-pyrrole nitrogens is 3. The van der Waals surface area contributed by atoms with E-state index < -0.39 is 0 Å². The summed E-state index contributed by atoms with van der Waals surface area (Å²) >= 11 is 0. The van der Waals surface area contributed by atoms with Crippen LogP contribution in [0.3, 0.4) is 0 Å². The minimum absolute atomic E-state index is 0.980. The van der Waals surface area contributed by atoms with Crippen molar-refractivity contribution in [1.29, 1.82) is 0 Å². The normalized spacial score (nSPS) is 11.7. The predicted molar refractivity (Wildman–Crippen MR) is 163 cm³/mol. The Kier molecular flexibility index (Phi) is 5.13. The molecule has 0 spiro atoms. The van der Waals surface area contributed by atoms with Crippen molar-refractivity contribution in [2.24, 2.45) is 7.05 Å². The maximum Gasteiger partial charge on any atom is 0.159 e. The summed E-state index contributed by atoms with van der Waals surface area (Å²) in [6.45, 7) is 8.53. The summed E-state index contributed by atoms with van der Waals surface area (Å²) in [6, 6.07) is 30.6. The molecule has 0 radical (unpaired) electrons. The standard InChI is InChI=1S/C33H32N6/c1-20-6-12-24(13-7-20)38-28-18-22(3)10-16-26(28)34-30-32(38)36-33-31(37(30)5)35-27-17-11-23(4)19-29(27)39(33)25-14-8-21(2)9-15-25/h6-19,34-36H,1-5H3. The minimum Gasteiger partial charge on any atom is -0.337 e. The van der Waals surface area contributed by atoms with Crippen LogP contribution in [0.25, 0.3) is 56.0 Å². The molecule has 0 saturated heterocycles. The summed E-state index contributed by atoms with van der Waals surface area (Å²) in [5.41, 5.74) is 15.4. The van der Waals surface area contributed by atoms with Crippen LogP contribution in [0.1, 0.15) is 22.3 Å². The highest BCUT2D eigenvalue weighted by atomic mass is 15.2. The fourth-order valence-corrected chi connectivity index (χ4v) is 5.55. The monoisotopic (exact) mass is 512 g/mol. The number of benzene rings is 4. The van der Waals surface area contributed by atoms with Crippen molar-refractivity contribution in [2.45, 2.75) is 27.7 Å². The van der Waals surface area contributed by atoms with E-state index in [1.165, 1.54) is 22.3 Å². The molecule has 39 heavy (non-hydrogen) atoms. The molecule has 3 N–H and O–H groups in total. The van der Waals surface area contributed by atoms with Crippen LogP contribution < -0.4 is 0 Å². The number of aromatic amines is 3. The predicted octanol–water partition coefficient (Wildman–Crippen LogP) is 8.12. The maximum absolute atomic E-state index is 3.88. The van der Waals surface area contributed by atoms with Gasteiger partial charge >= 0.3 is 0 Å². The van der Waals surface area contributed by atoms with Gasteiger partial charge in [0.15, 0.2) is 22.6 Å². The van der Waals surface area contributed by atoms with Crippen molar-refractivity contribution in [3.63, 3.8) is 0 Å². The zero-order valence-corrected chi connectivity index (χ0v) is 22.9. The van der Waals surface area contributed by atoms with E-state index in [4.69, 9.17) is 0 Å². The van der Waals surface area contributed by atoms with Gasteiger partial charge in [-0.2, -0.15) is 0 Å². The van der Waals surface area contributed by atoms with Gasteiger partial charge in [0.25, 0.3) is 0 Å². The molecule has 0 unspecified atom stereocenters. The summed E-state index contributed by atoms with van der Waals surface area (Å²) in [4.78, 5) is 11.3. The summed E-state index contributed by atoms with van der Waals surface area (Å²) in [5.74, 6) is 0. The molecular formula is C33H32N6.